The van der Waals surface area contributed by atoms with E-state index in [4.69, 9.17) is 0 Å². The van der Waals surface area contributed by atoms with Crippen LogP contribution in [0.3, 0.4) is 0 Å². The Morgan fingerprint density at radius 3 is 2.44 bits per heavy atom. The van der Waals surface area contributed by atoms with Gasteiger partial charge in [0.15, 0.2) is 0 Å². The predicted molar refractivity (Wildman–Crippen MR) is 110 cm³/mol. The number of fused-ring (bicyclic) bond motifs is 1. The lowest BCUT2D eigenvalue weighted by molar-refractivity contribution is -0.274. The molecule has 164 valence electrons. The standard InChI is InChI=1S/C21H16F3N5O3/c1-13-17-11-25-29(15-5-3-2-4-6-15)19(17)20(31)28(27-13)12-18(30)26-14-7-9-16(10-8-14)32-21(22,23)24/h2-11H,12H2,1H3,(H,26,30). The summed E-state index contributed by atoms with van der Waals surface area (Å²) in [4.78, 5) is 25.5. The highest BCUT2D eigenvalue weighted by Crippen LogP contribution is 2.24. The molecule has 0 radical (unpaired) electrons. The van der Waals surface area contributed by atoms with Crippen LogP contribution in [0.1, 0.15) is 5.69 Å². The summed E-state index contributed by atoms with van der Waals surface area (Å²) in [5.74, 6) is -0.989. The molecular formula is C21H16F3N5O3. The van der Waals surface area contributed by atoms with E-state index >= 15 is 0 Å². The van der Waals surface area contributed by atoms with E-state index in [0.29, 0.717) is 16.8 Å². The highest BCUT2D eigenvalue weighted by molar-refractivity contribution is 5.90. The van der Waals surface area contributed by atoms with Crippen molar-refractivity contribution >= 4 is 22.5 Å². The summed E-state index contributed by atoms with van der Waals surface area (Å²) in [7, 11) is 0. The number of nitrogens with zero attached hydrogens (tertiary/aromatic N) is 4. The van der Waals surface area contributed by atoms with Gasteiger partial charge in [-0.15, -0.1) is 13.2 Å². The van der Waals surface area contributed by atoms with Gasteiger partial charge in [0, 0.05) is 11.1 Å². The van der Waals surface area contributed by atoms with E-state index in [1.165, 1.54) is 16.8 Å². The number of aryl methyl sites for hydroxylation is 1. The first-order valence-corrected chi connectivity index (χ1v) is 9.38. The Morgan fingerprint density at radius 1 is 1.09 bits per heavy atom. The van der Waals surface area contributed by atoms with Crippen LogP contribution in [0.5, 0.6) is 5.75 Å². The molecule has 32 heavy (non-hydrogen) atoms. The fraction of sp³-hybridized carbons (Fsp3) is 0.143. The van der Waals surface area contributed by atoms with Crippen molar-refractivity contribution in [3.8, 4) is 11.4 Å². The van der Waals surface area contributed by atoms with E-state index in [-0.39, 0.29) is 11.2 Å². The van der Waals surface area contributed by atoms with Crippen LogP contribution >= 0.6 is 0 Å². The van der Waals surface area contributed by atoms with Gasteiger partial charge in [0.2, 0.25) is 5.91 Å². The summed E-state index contributed by atoms with van der Waals surface area (Å²) < 4.78 is 43.1. The molecule has 0 atom stereocenters. The number of halogens is 3. The van der Waals surface area contributed by atoms with Gasteiger partial charge in [-0.3, -0.25) is 9.59 Å². The minimum atomic E-state index is -4.81. The van der Waals surface area contributed by atoms with E-state index in [0.717, 1.165) is 16.8 Å². The molecule has 0 bridgehead atoms. The number of carbonyl (C=O) groups excluding carboxylic acids is 1. The average Bonchev–Trinajstić information content (AvgIpc) is 3.19. The van der Waals surface area contributed by atoms with Crippen LogP contribution in [0.2, 0.25) is 0 Å². The molecule has 4 rings (SSSR count). The first-order chi connectivity index (χ1) is 15.2. The maximum atomic E-state index is 13.0. The lowest BCUT2D eigenvalue weighted by Crippen LogP contribution is -2.31. The molecule has 4 aromatic rings. The minimum absolute atomic E-state index is 0.240. The fourth-order valence-electron chi connectivity index (χ4n) is 3.17. The van der Waals surface area contributed by atoms with Crippen molar-refractivity contribution in [3.63, 3.8) is 0 Å². The molecule has 1 amide bonds. The molecule has 11 heteroatoms. The maximum absolute atomic E-state index is 13.0. The lowest BCUT2D eigenvalue weighted by Gasteiger charge is -2.11. The molecule has 0 aliphatic heterocycles. The molecule has 0 spiro atoms. The molecule has 0 saturated heterocycles. The van der Waals surface area contributed by atoms with E-state index in [1.807, 2.05) is 18.2 Å². The van der Waals surface area contributed by atoms with Crippen molar-refractivity contribution in [2.45, 2.75) is 19.8 Å². The van der Waals surface area contributed by atoms with Crippen molar-refractivity contribution < 1.29 is 22.7 Å². The Hall–Kier alpha value is -4.15. The second kappa shape index (κ2) is 8.17. The number of benzene rings is 2. The molecule has 8 nitrogen and oxygen atoms in total. The molecule has 0 unspecified atom stereocenters. The van der Waals surface area contributed by atoms with Crippen LogP contribution < -0.4 is 15.6 Å². The Morgan fingerprint density at radius 2 is 1.78 bits per heavy atom. The van der Waals surface area contributed by atoms with Gasteiger partial charge in [-0.1, -0.05) is 18.2 Å². The van der Waals surface area contributed by atoms with Gasteiger partial charge >= 0.3 is 6.36 Å². The number of aromatic nitrogens is 4. The molecule has 2 heterocycles. The van der Waals surface area contributed by atoms with Gasteiger partial charge in [-0.25, -0.2) is 9.36 Å². The van der Waals surface area contributed by atoms with Crippen LogP contribution in [-0.4, -0.2) is 31.8 Å². The SMILES string of the molecule is Cc1nn(CC(=O)Nc2ccc(OC(F)(F)F)cc2)c(=O)c2c1cnn2-c1ccccc1. The van der Waals surface area contributed by atoms with Crippen molar-refractivity contribution in [3.05, 3.63) is 76.8 Å². The summed E-state index contributed by atoms with van der Waals surface area (Å²) in [6.07, 6.45) is -3.26. The molecule has 0 aliphatic carbocycles. The summed E-state index contributed by atoms with van der Waals surface area (Å²) in [5, 5.41) is 11.6. The number of hydrogen-bond acceptors (Lipinski definition) is 5. The van der Waals surface area contributed by atoms with Crippen molar-refractivity contribution in [2.75, 3.05) is 5.32 Å². The summed E-state index contributed by atoms with van der Waals surface area (Å²) in [5.41, 5.74) is 1.22. The van der Waals surface area contributed by atoms with Gasteiger partial charge in [-0.2, -0.15) is 10.2 Å². The number of alkyl halides is 3. The van der Waals surface area contributed by atoms with Gasteiger partial charge in [0.1, 0.15) is 17.8 Å². The van der Waals surface area contributed by atoms with Gasteiger partial charge in [0.05, 0.1) is 17.6 Å². The van der Waals surface area contributed by atoms with Crippen molar-refractivity contribution in [1.82, 2.24) is 19.6 Å². The summed E-state index contributed by atoms with van der Waals surface area (Å²) in [6.45, 7) is 1.31. The predicted octanol–water partition coefficient (Wildman–Crippen LogP) is 3.43. The second-order valence-corrected chi connectivity index (χ2v) is 6.82. The Kier molecular flexibility index (Phi) is 5.39. The van der Waals surface area contributed by atoms with Crippen LogP contribution in [0.4, 0.5) is 18.9 Å². The topological polar surface area (TPSA) is 91.0 Å². The number of amides is 1. The Bertz CT molecular complexity index is 1330. The zero-order valence-corrected chi connectivity index (χ0v) is 16.6. The highest BCUT2D eigenvalue weighted by Gasteiger charge is 2.31. The van der Waals surface area contributed by atoms with Crippen LogP contribution in [0.25, 0.3) is 16.6 Å². The zero-order valence-electron chi connectivity index (χ0n) is 16.6. The third-order valence-corrected chi connectivity index (χ3v) is 4.53. The molecule has 2 aromatic carbocycles. The molecule has 0 fully saturated rings. The number of nitrogens with one attached hydrogen (secondary N) is 1. The van der Waals surface area contributed by atoms with Crippen molar-refractivity contribution in [2.24, 2.45) is 0 Å². The lowest BCUT2D eigenvalue weighted by atomic mass is 10.2. The van der Waals surface area contributed by atoms with Gasteiger partial charge in [0.25, 0.3) is 5.56 Å². The quantitative estimate of drug-likeness (QED) is 0.510. The summed E-state index contributed by atoms with van der Waals surface area (Å²) >= 11 is 0. The number of anilines is 1. The monoisotopic (exact) mass is 443 g/mol. The second-order valence-electron chi connectivity index (χ2n) is 6.82. The first kappa shape index (κ1) is 21.1. The number of rotatable bonds is 5. The van der Waals surface area contributed by atoms with Crippen LogP contribution in [0, 0.1) is 6.92 Å². The molecule has 2 aromatic heterocycles. The first-order valence-electron chi connectivity index (χ1n) is 9.38. The van der Waals surface area contributed by atoms with E-state index < -0.39 is 30.1 Å². The number of ether oxygens (including phenoxy) is 1. The average molecular weight is 443 g/mol. The number of para-hydroxylation sites is 1. The van der Waals surface area contributed by atoms with E-state index in [2.05, 4.69) is 20.3 Å². The molecule has 0 saturated carbocycles. The Balaban J connectivity index is 1.57. The van der Waals surface area contributed by atoms with E-state index in [9.17, 15) is 22.8 Å². The summed E-state index contributed by atoms with van der Waals surface area (Å²) in [6, 6.07) is 13.7. The number of carbonyl (C=O) groups is 1. The smallest absolute Gasteiger partial charge is 0.406 e. The molecule has 0 aliphatic rings. The maximum Gasteiger partial charge on any atom is 0.573 e. The Labute approximate surface area is 178 Å². The third-order valence-electron chi connectivity index (χ3n) is 4.53. The van der Waals surface area contributed by atoms with Crippen LogP contribution in [-0.2, 0) is 11.3 Å². The minimum Gasteiger partial charge on any atom is -0.406 e. The largest absolute Gasteiger partial charge is 0.573 e. The van der Waals surface area contributed by atoms with Gasteiger partial charge < -0.3 is 10.1 Å². The van der Waals surface area contributed by atoms with E-state index in [1.54, 1.807) is 25.3 Å². The highest BCUT2D eigenvalue weighted by atomic mass is 19.4. The number of hydrogen-bond donors (Lipinski definition) is 1. The normalized spacial score (nSPS) is 11.5. The van der Waals surface area contributed by atoms with Gasteiger partial charge in [-0.05, 0) is 43.3 Å². The fourth-order valence-corrected chi connectivity index (χ4v) is 3.17. The van der Waals surface area contributed by atoms with Crippen molar-refractivity contribution in [1.29, 1.82) is 0 Å². The molecule has 1 N–H and O–H groups in total. The van der Waals surface area contributed by atoms with Crippen LogP contribution in [0.15, 0.2) is 65.6 Å². The zero-order chi connectivity index (χ0) is 22.9. The third kappa shape index (κ3) is 4.46. The molecular weight excluding hydrogens is 427 g/mol.